The molecule has 0 amide bonds. The van der Waals surface area contributed by atoms with Gasteiger partial charge in [-0.15, -0.1) is 5.10 Å². The molecule has 214 valence electrons. The van der Waals surface area contributed by atoms with Crippen molar-refractivity contribution in [1.29, 1.82) is 0 Å². The summed E-state index contributed by atoms with van der Waals surface area (Å²) in [7, 11) is 1.95. The number of hydrogen-bond acceptors (Lipinski definition) is 8. The summed E-state index contributed by atoms with van der Waals surface area (Å²) in [5, 5.41) is 22.8. The lowest BCUT2D eigenvalue weighted by atomic mass is 9.98. The Bertz CT molecular complexity index is 1160. The third-order valence-corrected chi connectivity index (χ3v) is 4.96. The number of ether oxygens (including phenoxy) is 1. The van der Waals surface area contributed by atoms with Crippen molar-refractivity contribution >= 4 is 11.9 Å². The maximum absolute atomic E-state index is 10.6. The zero-order valence-corrected chi connectivity index (χ0v) is 20.2. The normalized spacial score (nSPS) is 15.3. The van der Waals surface area contributed by atoms with Crippen LogP contribution in [0.15, 0.2) is 47.5 Å². The summed E-state index contributed by atoms with van der Waals surface area (Å²) in [5.41, 5.74) is 4.46. The molecule has 4 heterocycles. The molecule has 0 bridgehead atoms. The number of furan rings is 1. The Morgan fingerprint density at radius 3 is 2.26 bits per heavy atom. The lowest BCUT2D eigenvalue weighted by Gasteiger charge is -2.31. The Labute approximate surface area is 216 Å². The van der Waals surface area contributed by atoms with E-state index >= 15 is 0 Å². The summed E-state index contributed by atoms with van der Waals surface area (Å²) in [6.45, 7) is 3.74. The van der Waals surface area contributed by atoms with Gasteiger partial charge in [-0.3, -0.25) is 14.6 Å². The number of carboxylic acid groups (broad SMARTS) is 2. The number of aromatic nitrogens is 4. The van der Waals surface area contributed by atoms with Gasteiger partial charge in [0.25, 0.3) is 0 Å². The smallest absolute Gasteiger partial charge is 0.475 e. The van der Waals surface area contributed by atoms with E-state index in [-0.39, 0.29) is 5.92 Å². The molecule has 3 aromatic heterocycles. The summed E-state index contributed by atoms with van der Waals surface area (Å²) in [6.07, 6.45) is -3.06. The highest BCUT2D eigenvalue weighted by Gasteiger charge is 2.39. The number of carbonyl (C=O) groups is 2. The van der Waals surface area contributed by atoms with Gasteiger partial charge in [0, 0.05) is 50.6 Å². The molecule has 39 heavy (non-hydrogen) atoms. The summed E-state index contributed by atoms with van der Waals surface area (Å²) < 4.78 is 76.5. The molecule has 1 unspecified atom stereocenters. The molecule has 1 aliphatic heterocycles. The highest BCUT2D eigenvalue weighted by Crippen LogP contribution is 2.28. The van der Waals surface area contributed by atoms with E-state index in [9.17, 15) is 26.3 Å². The van der Waals surface area contributed by atoms with Gasteiger partial charge in [-0.05, 0) is 17.7 Å². The molecule has 2 N–H and O–H groups in total. The molecule has 3 aromatic rings. The minimum absolute atomic E-state index is 0.243. The fraction of sp³-hybridized carbons (Fsp3) is 0.409. The molecule has 11 nitrogen and oxygen atoms in total. The molecular weight excluding hydrogens is 544 g/mol. The van der Waals surface area contributed by atoms with E-state index in [2.05, 4.69) is 20.2 Å². The molecule has 0 spiro atoms. The summed E-state index contributed by atoms with van der Waals surface area (Å²) in [6, 6.07) is 5.95. The SMILES string of the molecule is Cn1nnc2c1C(COCc1cccnc1)CN(Cc1ccoc1)C2.O=C(O)C(F)(F)F.O=C(O)C(F)(F)F. The van der Waals surface area contributed by atoms with Crippen LogP contribution in [-0.4, -0.2) is 72.5 Å². The van der Waals surface area contributed by atoms with Gasteiger partial charge in [-0.2, -0.15) is 26.3 Å². The highest BCUT2D eigenvalue weighted by atomic mass is 19.4. The Kier molecular flexibility index (Phi) is 11.0. The number of aliphatic carboxylic acids is 2. The number of rotatable bonds is 6. The van der Waals surface area contributed by atoms with Crippen molar-refractivity contribution in [1.82, 2.24) is 24.9 Å². The molecule has 0 radical (unpaired) electrons. The fourth-order valence-electron chi connectivity index (χ4n) is 3.39. The van der Waals surface area contributed by atoms with Crippen LogP contribution in [0.25, 0.3) is 0 Å². The quantitative estimate of drug-likeness (QED) is 0.426. The molecule has 4 rings (SSSR count). The van der Waals surface area contributed by atoms with Gasteiger partial charge >= 0.3 is 24.3 Å². The number of nitrogens with zero attached hydrogens (tertiary/aromatic N) is 5. The van der Waals surface area contributed by atoms with Gasteiger partial charge in [0.15, 0.2) is 0 Å². The minimum Gasteiger partial charge on any atom is -0.475 e. The Morgan fingerprint density at radius 1 is 1.10 bits per heavy atom. The van der Waals surface area contributed by atoms with Crippen molar-refractivity contribution in [2.24, 2.45) is 7.05 Å². The van der Waals surface area contributed by atoms with Crippen LogP contribution >= 0.6 is 0 Å². The number of fused-ring (bicyclic) bond motifs is 1. The van der Waals surface area contributed by atoms with Crippen molar-refractivity contribution in [3.05, 3.63) is 65.6 Å². The van der Waals surface area contributed by atoms with E-state index < -0.39 is 24.3 Å². The van der Waals surface area contributed by atoms with Gasteiger partial charge in [0.05, 0.1) is 31.4 Å². The molecular formula is C22H23F6N5O6. The molecule has 0 fully saturated rings. The molecule has 0 aromatic carbocycles. The van der Waals surface area contributed by atoms with Crippen LogP contribution in [0.3, 0.4) is 0 Å². The second-order valence-corrected chi connectivity index (χ2v) is 8.03. The van der Waals surface area contributed by atoms with Gasteiger partial charge in [0.2, 0.25) is 0 Å². The predicted molar refractivity (Wildman–Crippen MR) is 118 cm³/mol. The first-order valence-corrected chi connectivity index (χ1v) is 10.9. The van der Waals surface area contributed by atoms with E-state index in [4.69, 9.17) is 29.0 Å². The van der Waals surface area contributed by atoms with Crippen LogP contribution in [0.5, 0.6) is 0 Å². The summed E-state index contributed by atoms with van der Waals surface area (Å²) in [5.74, 6) is -5.27. The number of hydrogen-bond donors (Lipinski definition) is 2. The van der Waals surface area contributed by atoms with Crippen LogP contribution in [0.4, 0.5) is 26.3 Å². The third kappa shape index (κ3) is 10.4. The van der Waals surface area contributed by atoms with Crippen molar-refractivity contribution in [3.63, 3.8) is 0 Å². The second kappa shape index (κ2) is 13.7. The van der Waals surface area contributed by atoms with Gasteiger partial charge in [-0.25, -0.2) is 9.59 Å². The fourth-order valence-corrected chi connectivity index (χ4v) is 3.39. The average molecular weight is 567 g/mol. The van der Waals surface area contributed by atoms with E-state index in [0.717, 1.165) is 30.9 Å². The summed E-state index contributed by atoms with van der Waals surface area (Å²) >= 11 is 0. The van der Waals surface area contributed by atoms with Crippen molar-refractivity contribution in [2.75, 3.05) is 13.2 Å². The molecule has 17 heteroatoms. The number of carboxylic acids is 2. The largest absolute Gasteiger partial charge is 0.490 e. The second-order valence-electron chi connectivity index (χ2n) is 8.03. The van der Waals surface area contributed by atoms with E-state index in [1.807, 2.05) is 36.1 Å². The maximum atomic E-state index is 10.6. The van der Waals surface area contributed by atoms with Crippen LogP contribution < -0.4 is 0 Å². The number of pyridine rings is 1. The van der Waals surface area contributed by atoms with E-state index in [0.29, 0.717) is 13.2 Å². The average Bonchev–Trinajstić information content (AvgIpc) is 3.49. The first-order valence-electron chi connectivity index (χ1n) is 10.9. The lowest BCUT2D eigenvalue weighted by Crippen LogP contribution is -2.35. The lowest BCUT2D eigenvalue weighted by molar-refractivity contribution is -0.193. The van der Waals surface area contributed by atoms with Crippen LogP contribution in [-0.2, 0) is 41.1 Å². The predicted octanol–water partition coefficient (Wildman–Crippen LogP) is 3.39. The first kappa shape index (κ1) is 31.2. The topological polar surface area (TPSA) is 144 Å². The van der Waals surface area contributed by atoms with Crippen molar-refractivity contribution in [2.45, 2.75) is 38.0 Å². The molecule has 1 atom stereocenters. The zero-order valence-electron chi connectivity index (χ0n) is 20.2. The van der Waals surface area contributed by atoms with Crippen LogP contribution in [0, 0.1) is 0 Å². The maximum Gasteiger partial charge on any atom is 0.490 e. The van der Waals surface area contributed by atoms with Crippen LogP contribution in [0.1, 0.15) is 28.4 Å². The number of alkyl halides is 6. The minimum atomic E-state index is -5.08. The van der Waals surface area contributed by atoms with Gasteiger partial charge < -0.3 is 19.4 Å². The third-order valence-electron chi connectivity index (χ3n) is 4.96. The Morgan fingerprint density at radius 2 is 1.74 bits per heavy atom. The van der Waals surface area contributed by atoms with Crippen molar-refractivity contribution < 1.29 is 55.3 Å². The molecule has 0 saturated heterocycles. The monoisotopic (exact) mass is 567 g/mol. The Balaban J connectivity index is 0.000000317. The zero-order chi connectivity index (χ0) is 29.2. The highest BCUT2D eigenvalue weighted by molar-refractivity contribution is 5.73. The Hall–Kier alpha value is -3.99. The molecule has 1 aliphatic rings. The van der Waals surface area contributed by atoms with Gasteiger partial charge in [-0.1, -0.05) is 11.3 Å². The first-order chi connectivity index (χ1) is 18.2. The number of aryl methyl sites for hydroxylation is 1. The summed E-state index contributed by atoms with van der Waals surface area (Å²) in [4.78, 5) is 24.3. The molecule has 0 aliphatic carbocycles. The van der Waals surface area contributed by atoms with E-state index in [1.54, 1.807) is 18.7 Å². The number of halogens is 6. The standard InChI is InChI=1S/C18H21N5O2.2C2HF3O2/c1-22-18-16(13-25-11-14-3-2-5-19-7-14)9-23(10-17(18)20-21-22)8-15-4-6-24-12-15;2*3-2(4,5)1(6)7/h2-7,12,16H,8-11,13H2,1H3;2*(H,6,7). The van der Waals surface area contributed by atoms with E-state index in [1.165, 1.54) is 11.3 Å². The van der Waals surface area contributed by atoms with Crippen molar-refractivity contribution in [3.8, 4) is 0 Å². The van der Waals surface area contributed by atoms with Crippen LogP contribution in [0.2, 0.25) is 0 Å². The van der Waals surface area contributed by atoms with Gasteiger partial charge in [0.1, 0.15) is 5.69 Å². The molecule has 0 saturated carbocycles.